The summed E-state index contributed by atoms with van der Waals surface area (Å²) in [6.07, 6.45) is 1.00. The van der Waals surface area contributed by atoms with Crippen molar-refractivity contribution in [1.82, 2.24) is 0 Å². The molecule has 0 aromatic rings. The molecule has 0 aromatic heterocycles. The lowest BCUT2D eigenvalue weighted by Gasteiger charge is -2.12. The highest BCUT2D eigenvalue weighted by Gasteiger charge is 2.19. The topological polar surface area (TPSA) is 70.8 Å². The Balaban J connectivity index is 3.64. The predicted octanol–water partition coefficient (Wildman–Crippen LogP) is 0.235. The first-order valence-electron chi connectivity index (χ1n) is 4.27. The lowest BCUT2D eigenvalue weighted by atomic mass is 10.3. The molecule has 0 fully saturated rings. The summed E-state index contributed by atoms with van der Waals surface area (Å²) in [4.78, 5) is 15.5. The molecule has 0 saturated heterocycles. The first-order valence-corrected chi connectivity index (χ1v) is 4.27. The van der Waals surface area contributed by atoms with E-state index in [0.717, 1.165) is 12.8 Å². The molecule has 0 amide bonds. The maximum absolute atomic E-state index is 11.1. The summed E-state index contributed by atoms with van der Waals surface area (Å²) in [5.74, 6) is 4.41. The van der Waals surface area contributed by atoms with E-state index in [1.54, 1.807) is 0 Å². The fraction of sp³-hybridized carbons (Fsp3) is 0.875. The molecule has 5 heteroatoms. The third kappa shape index (κ3) is 5.57. The van der Waals surface area contributed by atoms with Gasteiger partial charge in [-0.1, -0.05) is 13.3 Å². The van der Waals surface area contributed by atoms with E-state index in [9.17, 15) is 4.79 Å². The van der Waals surface area contributed by atoms with Crippen molar-refractivity contribution >= 4 is 5.97 Å². The van der Waals surface area contributed by atoms with Gasteiger partial charge in [0.2, 0.25) is 0 Å². The van der Waals surface area contributed by atoms with Crippen LogP contribution in [0.5, 0.6) is 0 Å². The summed E-state index contributed by atoms with van der Waals surface area (Å²) < 4.78 is 9.58. The molecule has 0 radical (unpaired) electrons. The molecule has 78 valence electrons. The minimum atomic E-state index is -0.818. The van der Waals surface area contributed by atoms with Crippen LogP contribution < -0.4 is 5.90 Å². The highest BCUT2D eigenvalue weighted by atomic mass is 16.7. The molecule has 0 rings (SSSR count). The quantitative estimate of drug-likeness (QED) is 0.354. The molecule has 0 saturated carbocycles. The molecule has 0 aromatic carbocycles. The number of methoxy groups -OCH3 is 1. The molecule has 0 aliphatic rings. The molecule has 0 aliphatic carbocycles. The van der Waals surface area contributed by atoms with Crippen LogP contribution in [-0.2, 0) is 19.1 Å². The van der Waals surface area contributed by atoms with Gasteiger partial charge in [-0.25, -0.2) is 10.7 Å². The van der Waals surface area contributed by atoms with Crippen molar-refractivity contribution in [3.63, 3.8) is 0 Å². The Bertz CT molecular complexity index is 140. The zero-order valence-electron chi connectivity index (χ0n) is 8.12. The van der Waals surface area contributed by atoms with Crippen LogP contribution >= 0.6 is 0 Å². The molecule has 2 N–H and O–H groups in total. The van der Waals surface area contributed by atoms with Gasteiger partial charge in [0.25, 0.3) is 0 Å². The van der Waals surface area contributed by atoms with Crippen molar-refractivity contribution in [2.24, 2.45) is 5.90 Å². The third-order valence-electron chi connectivity index (χ3n) is 1.49. The van der Waals surface area contributed by atoms with Gasteiger partial charge in [-0.15, -0.1) is 0 Å². The van der Waals surface area contributed by atoms with Gasteiger partial charge in [-0.3, -0.25) is 4.84 Å². The maximum Gasteiger partial charge on any atom is 0.339 e. The summed E-state index contributed by atoms with van der Waals surface area (Å²) >= 11 is 0. The molecule has 1 atom stereocenters. The number of nitrogens with two attached hydrogens (primary N) is 1. The van der Waals surface area contributed by atoms with Crippen LogP contribution in [0.25, 0.3) is 0 Å². The van der Waals surface area contributed by atoms with Gasteiger partial charge in [-0.2, -0.15) is 0 Å². The fourth-order valence-corrected chi connectivity index (χ4v) is 0.724. The standard InChI is InChI=1S/C8H17NO4/c1-3-4-5-12-8(10)7(13-9)6-11-2/h7H,3-6,9H2,1-2H3/t7-/m1/s1. The van der Waals surface area contributed by atoms with Crippen LogP contribution in [0, 0.1) is 0 Å². The number of esters is 1. The van der Waals surface area contributed by atoms with Crippen LogP contribution in [0.4, 0.5) is 0 Å². The van der Waals surface area contributed by atoms with Crippen LogP contribution in [0.3, 0.4) is 0 Å². The van der Waals surface area contributed by atoms with E-state index in [1.807, 2.05) is 6.92 Å². The summed E-state index contributed by atoms with van der Waals surface area (Å²) in [5, 5.41) is 0. The molecule has 13 heavy (non-hydrogen) atoms. The van der Waals surface area contributed by atoms with Gasteiger partial charge in [0.05, 0.1) is 13.2 Å². The molecule has 0 heterocycles. The largest absolute Gasteiger partial charge is 0.464 e. The molecule has 0 bridgehead atoms. The highest BCUT2D eigenvalue weighted by Crippen LogP contribution is 1.96. The predicted molar refractivity (Wildman–Crippen MR) is 46.8 cm³/mol. The summed E-state index contributed by atoms with van der Waals surface area (Å²) in [7, 11) is 1.46. The van der Waals surface area contributed by atoms with Crippen molar-refractivity contribution in [3.8, 4) is 0 Å². The van der Waals surface area contributed by atoms with Gasteiger partial charge in [0, 0.05) is 7.11 Å². The van der Waals surface area contributed by atoms with E-state index in [-0.39, 0.29) is 6.61 Å². The van der Waals surface area contributed by atoms with Crippen molar-refractivity contribution in [1.29, 1.82) is 0 Å². The van der Waals surface area contributed by atoms with Gasteiger partial charge in [-0.05, 0) is 6.42 Å². The van der Waals surface area contributed by atoms with Gasteiger partial charge in [0.15, 0.2) is 6.10 Å². The fourth-order valence-electron chi connectivity index (χ4n) is 0.724. The number of hydrogen-bond donors (Lipinski definition) is 1. The van der Waals surface area contributed by atoms with Crippen molar-refractivity contribution in [2.75, 3.05) is 20.3 Å². The Labute approximate surface area is 78.1 Å². The second-order valence-electron chi connectivity index (χ2n) is 2.60. The Kier molecular flexibility index (Phi) is 7.57. The number of unbranched alkanes of at least 4 members (excludes halogenated alkanes) is 1. The van der Waals surface area contributed by atoms with Crippen LogP contribution in [0.15, 0.2) is 0 Å². The monoisotopic (exact) mass is 191 g/mol. The van der Waals surface area contributed by atoms with Gasteiger partial charge in [0.1, 0.15) is 0 Å². The van der Waals surface area contributed by atoms with Gasteiger partial charge < -0.3 is 9.47 Å². The van der Waals surface area contributed by atoms with E-state index < -0.39 is 12.1 Å². The minimum Gasteiger partial charge on any atom is -0.464 e. The van der Waals surface area contributed by atoms with E-state index in [4.69, 9.17) is 15.4 Å². The Morgan fingerprint density at radius 1 is 1.54 bits per heavy atom. The third-order valence-corrected chi connectivity index (χ3v) is 1.49. The molecule has 0 unspecified atom stereocenters. The average Bonchev–Trinajstić information content (AvgIpc) is 2.14. The van der Waals surface area contributed by atoms with E-state index >= 15 is 0 Å². The average molecular weight is 191 g/mol. The van der Waals surface area contributed by atoms with Crippen molar-refractivity contribution in [2.45, 2.75) is 25.9 Å². The zero-order chi connectivity index (χ0) is 10.1. The maximum atomic E-state index is 11.1. The number of rotatable bonds is 7. The molecule has 0 spiro atoms. The number of carbonyl (C=O) groups excluding carboxylic acids is 1. The second-order valence-corrected chi connectivity index (χ2v) is 2.60. The number of ether oxygens (including phenoxy) is 2. The zero-order valence-corrected chi connectivity index (χ0v) is 8.12. The van der Waals surface area contributed by atoms with Crippen molar-refractivity contribution in [3.05, 3.63) is 0 Å². The second kappa shape index (κ2) is 7.97. The minimum absolute atomic E-state index is 0.113. The summed E-state index contributed by atoms with van der Waals surface area (Å²) in [5.41, 5.74) is 0. The number of hydrogen-bond acceptors (Lipinski definition) is 5. The van der Waals surface area contributed by atoms with Crippen molar-refractivity contribution < 1.29 is 19.1 Å². The Morgan fingerprint density at radius 2 is 2.23 bits per heavy atom. The van der Waals surface area contributed by atoms with Crippen LogP contribution in [0.1, 0.15) is 19.8 Å². The molecule has 5 nitrogen and oxygen atoms in total. The highest BCUT2D eigenvalue weighted by molar-refractivity contribution is 5.74. The van der Waals surface area contributed by atoms with E-state index in [0.29, 0.717) is 6.61 Å². The smallest absolute Gasteiger partial charge is 0.339 e. The normalized spacial score (nSPS) is 12.5. The lowest BCUT2D eigenvalue weighted by Crippen LogP contribution is -2.33. The summed E-state index contributed by atoms with van der Waals surface area (Å²) in [6.45, 7) is 2.53. The van der Waals surface area contributed by atoms with E-state index in [2.05, 4.69) is 4.84 Å². The van der Waals surface area contributed by atoms with Gasteiger partial charge >= 0.3 is 5.97 Å². The Hall–Kier alpha value is -0.650. The molecular formula is C8H17NO4. The first-order chi connectivity index (χ1) is 6.26. The number of carbonyl (C=O) groups is 1. The van der Waals surface area contributed by atoms with E-state index in [1.165, 1.54) is 7.11 Å². The SMILES string of the molecule is CCCCOC(=O)[C@@H](COC)ON. The van der Waals surface area contributed by atoms with Crippen LogP contribution in [0.2, 0.25) is 0 Å². The van der Waals surface area contributed by atoms with Crippen LogP contribution in [-0.4, -0.2) is 32.4 Å². The summed E-state index contributed by atoms with van der Waals surface area (Å²) in [6, 6.07) is 0. The molecule has 0 aliphatic heterocycles. The lowest BCUT2D eigenvalue weighted by molar-refractivity contribution is -0.161. The Morgan fingerprint density at radius 3 is 2.69 bits per heavy atom. The first kappa shape index (κ1) is 12.3. The molecular weight excluding hydrogens is 174 g/mol.